The number of nitrogens with one attached hydrogen (secondary N) is 1. The Morgan fingerprint density at radius 2 is 1.93 bits per heavy atom. The highest BCUT2D eigenvalue weighted by Crippen LogP contribution is 2.25. The number of anilines is 2. The molecular weight excluding hydrogens is 408 g/mol. The van der Waals surface area contributed by atoms with Gasteiger partial charge < -0.3 is 10.1 Å². The lowest BCUT2D eigenvalue weighted by atomic mass is 10.2. The van der Waals surface area contributed by atoms with Gasteiger partial charge in [-0.3, -0.25) is 9.10 Å². The van der Waals surface area contributed by atoms with Gasteiger partial charge in [-0.15, -0.1) is 11.3 Å². The summed E-state index contributed by atoms with van der Waals surface area (Å²) in [5.74, 6) is 0.546. The maximum absolute atomic E-state index is 12.6. The van der Waals surface area contributed by atoms with Gasteiger partial charge in [0.25, 0.3) is 5.91 Å². The Hall–Kier alpha value is -2.84. The summed E-state index contributed by atoms with van der Waals surface area (Å²) in [4.78, 5) is 13.7. The number of nitrogens with zero attached hydrogens (tertiary/aromatic N) is 1. The molecule has 2 aromatic carbocycles. The average molecular weight is 429 g/mol. The summed E-state index contributed by atoms with van der Waals surface area (Å²) >= 11 is 1.62. The predicted octanol–water partition coefficient (Wildman–Crippen LogP) is 4.12. The van der Waals surface area contributed by atoms with Crippen molar-refractivity contribution in [2.45, 2.75) is 13.0 Å². The molecule has 1 N–H and O–H groups in total. The van der Waals surface area contributed by atoms with Crippen LogP contribution in [-0.2, 0) is 16.6 Å². The first kappa shape index (κ1) is 19.5. The van der Waals surface area contributed by atoms with E-state index < -0.39 is 10.0 Å². The molecule has 0 saturated carbocycles. The molecule has 4 rings (SSSR count). The monoisotopic (exact) mass is 428 g/mol. The molecule has 0 spiro atoms. The fourth-order valence-corrected chi connectivity index (χ4v) is 5.30. The zero-order valence-electron chi connectivity index (χ0n) is 15.6. The number of sulfonamides is 1. The molecule has 0 atom stereocenters. The summed E-state index contributed by atoms with van der Waals surface area (Å²) in [7, 11) is -3.21. The van der Waals surface area contributed by atoms with Crippen LogP contribution >= 0.6 is 11.3 Å². The maximum Gasteiger partial charge on any atom is 0.255 e. The summed E-state index contributed by atoms with van der Waals surface area (Å²) in [6.45, 7) is 0.954. The van der Waals surface area contributed by atoms with Crippen molar-refractivity contribution in [1.82, 2.24) is 0 Å². The minimum Gasteiger partial charge on any atom is -0.488 e. The molecule has 150 valence electrons. The van der Waals surface area contributed by atoms with Crippen molar-refractivity contribution < 1.29 is 17.9 Å². The lowest BCUT2D eigenvalue weighted by Gasteiger charge is -2.17. The van der Waals surface area contributed by atoms with E-state index >= 15 is 0 Å². The van der Waals surface area contributed by atoms with E-state index in [4.69, 9.17) is 4.74 Å². The highest BCUT2D eigenvalue weighted by molar-refractivity contribution is 7.93. The van der Waals surface area contributed by atoms with Crippen molar-refractivity contribution in [1.29, 1.82) is 0 Å². The molecule has 0 radical (unpaired) electrons. The van der Waals surface area contributed by atoms with Gasteiger partial charge in [0.15, 0.2) is 0 Å². The minimum atomic E-state index is -3.21. The smallest absolute Gasteiger partial charge is 0.255 e. The number of amides is 1. The third kappa shape index (κ3) is 4.60. The molecule has 1 aromatic heterocycles. The predicted molar refractivity (Wildman–Crippen MR) is 115 cm³/mol. The second-order valence-corrected chi connectivity index (χ2v) is 9.68. The molecule has 1 fully saturated rings. The zero-order valence-corrected chi connectivity index (χ0v) is 17.2. The largest absolute Gasteiger partial charge is 0.488 e. The van der Waals surface area contributed by atoms with Crippen LogP contribution in [0.4, 0.5) is 11.4 Å². The van der Waals surface area contributed by atoms with Gasteiger partial charge in [0.05, 0.1) is 11.4 Å². The first-order chi connectivity index (χ1) is 14.0. The van der Waals surface area contributed by atoms with Crippen molar-refractivity contribution in [2.75, 3.05) is 21.9 Å². The first-order valence-corrected chi connectivity index (χ1v) is 11.7. The van der Waals surface area contributed by atoms with Crippen LogP contribution in [0.5, 0.6) is 5.75 Å². The van der Waals surface area contributed by atoms with E-state index in [2.05, 4.69) is 5.32 Å². The van der Waals surface area contributed by atoms with Gasteiger partial charge in [0.1, 0.15) is 12.4 Å². The van der Waals surface area contributed by atoms with Crippen LogP contribution in [0.3, 0.4) is 0 Å². The second kappa shape index (κ2) is 8.26. The van der Waals surface area contributed by atoms with Crippen molar-refractivity contribution >= 4 is 38.6 Å². The summed E-state index contributed by atoms with van der Waals surface area (Å²) < 4.78 is 31.2. The maximum atomic E-state index is 12.6. The molecule has 1 aliphatic heterocycles. The molecule has 1 amide bonds. The van der Waals surface area contributed by atoms with E-state index in [1.165, 1.54) is 4.31 Å². The van der Waals surface area contributed by atoms with Crippen LogP contribution in [0.2, 0.25) is 0 Å². The molecule has 2 heterocycles. The van der Waals surface area contributed by atoms with Gasteiger partial charge >= 0.3 is 0 Å². The fraction of sp³-hybridized carbons (Fsp3) is 0.190. The summed E-state index contributed by atoms with van der Waals surface area (Å²) in [6, 6.07) is 17.8. The normalized spacial score (nSPS) is 15.2. The van der Waals surface area contributed by atoms with E-state index in [-0.39, 0.29) is 11.7 Å². The van der Waals surface area contributed by atoms with Crippen molar-refractivity contribution in [3.8, 4) is 5.75 Å². The van der Waals surface area contributed by atoms with Crippen LogP contribution in [0.1, 0.15) is 21.7 Å². The van der Waals surface area contributed by atoms with Gasteiger partial charge in [-0.2, -0.15) is 0 Å². The topological polar surface area (TPSA) is 75.7 Å². The second-order valence-electron chi connectivity index (χ2n) is 6.64. The van der Waals surface area contributed by atoms with Crippen LogP contribution < -0.4 is 14.4 Å². The number of ether oxygens (including phenoxy) is 1. The van der Waals surface area contributed by atoms with Gasteiger partial charge in [-0.25, -0.2) is 8.42 Å². The number of thiophene rings is 1. The third-order valence-corrected chi connectivity index (χ3v) is 7.29. The van der Waals surface area contributed by atoms with Crippen molar-refractivity contribution in [3.63, 3.8) is 0 Å². The molecule has 0 aliphatic carbocycles. The summed E-state index contributed by atoms with van der Waals surface area (Å²) in [6.07, 6.45) is 0.631. The third-order valence-electron chi connectivity index (χ3n) is 4.57. The number of carbonyl (C=O) groups is 1. The lowest BCUT2D eigenvalue weighted by molar-refractivity contribution is 0.102. The van der Waals surface area contributed by atoms with Crippen LogP contribution in [-0.4, -0.2) is 26.6 Å². The molecule has 0 unspecified atom stereocenters. The minimum absolute atomic E-state index is 0.177. The standard InChI is InChI=1S/C21H20N2O4S2/c24-21(16-4-1-5-19(14-16)27-15-20-6-2-12-28-20)22-17-7-9-18(10-8-17)23-11-3-13-29(23,25)26/h1-2,4-10,12,14H,3,11,13,15H2,(H,22,24). The van der Waals surface area contributed by atoms with E-state index in [0.29, 0.717) is 42.3 Å². The number of carbonyl (C=O) groups excluding carboxylic acids is 1. The number of hydrogen-bond acceptors (Lipinski definition) is 5. The van der Waals surface area contributed by atoms with Gasteiger partial charge in [0.2, 0.25) is 10.0 Å². The van der Waals surface area contributed by atoms with Crippen molar-refractivity contribution in [3.05, 3.63) is 76.5 Å². The Bertz CT molecular complexity index is 1090. The van der Waals surface area contributed by atoms with Gasteiger partial charge in [-0.1, -0.05) is 12.1 Å². The Morgan fingerprint density at radius 3 is 2.62 bits per heavy atom. The van der Waals surface area contributed by atoms with E-state index in [9.17, 15) is 13.2 Å². The SMILES string of the molecule is O=C(Nc1ccc(N2CCCS2(=O)=O)cc1)c1cccc(OCc2cccs2)c1. The molecule has 3 aromatic rings. The van der Waals surface area contributed by atoms with E-state index in [0.717, 1.165) is 4.88 Å². The fourth-order valence-electron chi connectivity index (χ4n) is 3.12. The van der Waals surface area contributed by atoms with Crippen LogP contribution in [0, 0.1) is 0 Å². The molecule has 29 heavy (non-hydrogen) atoms. The highest BCUT2D eigenvalue weighted by Gasteiger charge is 2.28. The van der Waals surface area contributed by atoms with Gasteiger partial charge in [-0.05, 0) is 60.3 Å². The molecule has 1 saturated heterocycles. The van der Waals surface area contributed by atoms with Gasteiger partial charge in [0, 0.05) is 22.7 Å². The van der Waals surface area contributed by atoms with E-state index in [1.54, 1.807) is 53.8 Å². The highest BCUT2D eigenvalue weighted by atomic mass is 32.2. The Labute approximate surface area is 173 Å². The van der Waals surface area contributed by atoms with Crippen molar-refractivity contribution in [2.24, 2.45) is 0 Å². The number of rotatable bonds is 6. The average Bonchev–Trinajstić information content (AvgIpc) is 3.36. The Morgan fingerprint density at radius 1 is 1.10 bits per heavy atom. The van der Waals surface area contributed by atoms with Crippen LogP contribution in [0.25, 0.3) is 0 Å². The zero-order chi connectivity index (χ0) is 20.3. The molecule has 8 heteroatoms. The Kier molecular flexibility index (Phi) is 5.55. The number of benzene rings is 2. The molecule has 6 nitrogen and oxygen atoms in total. The summed E-state index contributed by atoms with van der Waals surface area (Å²) in [5, 5.41) is 4.83. The first-order valence-electron chi connectivity index (χ1n) is 9.18. The molecule has 0 bridgehead atoms. The molecular formula is C21H20N2O4S2. The lowest BCUT2D eigenvalue weighted by Crippen LogP contribution is -2.24. The van der Waals surface area contributed by atoms with E-state index in [1.807, 2.05) is 23.6 Å². The Balaban J connectivity index is 1.40. The number of hydrogen-bond donors (Lipinski definition) is 1. The van der Waals surface area contributed by atoms with Crippen LogP contribution in [0.15, 0.2) is 66.0 Å². The molecule has 1 aliphatic rings. The summed E-state index contributed by atoms with van der Waals surface area (Å²) in [5.41, 5.74) is 1.70. The quantitative estimate of drug-likeness (QED) is 0.641.